The summed E-state index contributed by atoms with van der Waals surface area (Å²) in [6, 6.07) is 9.99. The van der Waals surface area contributed by atoms with Gasteiger partial charge in [0.15, 0.2) is 0 Å². The van der Waals surface area contributed by atoms with E-state index in [2.05, 4.69) is 27.4 Å². The van der Waals surface area contributed by atoms with Gasteiger partial charge in [-0.1, -0.05) is 24.3 Å². The van der Waals surface area contributed by atoms with Crippen LogP contribution in [0.5, 0.6) is 5.88 Å². The summed E-state index contributed by atoms with van der Waals surface area (Å²) < 4.78 is 10.2. The molecule has 1 aromatic carbocycles. The van der Waals surface area contributed by atoms with Gasteiger partial charge in [0.05, 0.1) is 13.7 Å². The fourth-order valence-electron chi connectivity index (χ4n) is 1.74. The molecular weight excluding hydrogens is 242 g/mol. The Balaban J connectivity index is 1.99. The molecule has 1 aromatic heterocycles. The summed E-state index contributed by atoms with van der Waals surface area (Å²) in [5, 5.41) is 3.23. The number of methoxy groups -OCH3 is 2. The predicted molar refractivity (Wildman–Crippen MR) is 73.1 cm³/mol. The second-order valence-corrected chi connectivity index (χ2v) is 4.05. The molecule has 0 spiro atoms. The molecule has 1 heterocycles. The van der Waals surface area contributed by atoms with E-state index in [0.717, 1.165) is 11.4 Å². The minimum atomic E-state index is 0.547. The molecule has 1 N–H and O–H groups in total. The molecule has 19 heavy (non-hydrogen) atoms. The van der Waals surface area contributed by atoms with Crippen molar-refractivity contribution in [2.45, 2.75) is 13.2 Å². The highest BCUT2D eigenvalue weighted by molar-refractivity contribution is 5.38. The minimum Gasteiger partial charge on any atom is -0.481 e. The van der Waals surface area contributed by atoms with Crippen LogP contribution < -0.4 is 10.1 Å². The molecule has 0 fully saturated rings. The van der Waals surface area contributed by atoms with E-state index in [1.807, 2.05) is 12.1 Å². The van der Waals surface area contributed by atoms with Crippen LogP contribution in [0, 0.1) is 0 Å². The van der Waals surface area contributed by atoms with Crippen LogP contribution in [0.3, 0.4) is 0 Å². The van der Waals surface area contributed by atoms with Crippen LogP contribution in [-0.2, 0) is 17.9 Å². The quantitative estimate of drug-likeness (QED) is 0.862. The summed E-state index contributed by atoms with van der Waals surface area (Å²) in [5.74, 6) is 1.29. The summed E-state index contributed by atoms with van der Waals surface area (Å²) in [6.45, 7) is 1.31. The van der Waals surface area contributed by atoms with Crippen molar-refractivity contribution < 1.29 is 9.47 Å². The molecule has 5 heteroatoms. The highest BCUT2D eigenvalue weighted by atomic mass is 16.5. The van der Waals surface area contributed by atoms with Gasteiger partial charge in [-0.15, -0.1) is 0 Å². The third kappa shape index (κ3) is 3.93. The van der Waals surface area contributed by atoms with Crippen molar-refractivity contribution in [2.75, 3.05) is 19.5 Å². The number of ether oxygens (including phenoxy) is 2. The summed E-state index contributed by atoms with van der Waals surface area (Å²) >= 11 is 0. The van der Waals surface area contributed by atoms with Gasteiger partial charge in [0, 0.05) is 19.7 Å². The van der Waals surface area contributed by atoms with E-state index in [0.29, 0.717) is 19.0 Å². The van der Waals surface area contributed by atoms with Gasteiger partial charge in [-0.2, -0.15) is 0 Å². The Bertz CT molecular complexity index is 532. The van der Waals surface area contributed by atoms with Gasteiger partial charge in [-0.25, -0.2) is 9.97 Å². The van der Waals surface area contributed by atoms with Crippen LogP contribution in [0.2, 0.25) is 0 Å². The van der Waals surface area contributed by atoms with Crippen molar-refractivity contribution in [2.24, 2.45) is 0 Å². The van der Waals surface area contributed by atoms with Crippen molar-refractivity contribution in [1.82, 2.24) is 9.97 Å². The summed E-state index contributed by atoms with van der Waals surface area (Å²) in [5.41, 5.74) is 2.33. The first-order chi connectivity index (χ1) is 9.31. The maximum Gasteiger partial charge on any atom is 0.218 e. The maximum atomic E-state index is 5.12. The molecule has 0 aliphatic rings. The van der Waals surface area contributed by atoms with E-state index in [9.17, 15) is 0 Å². The first-order valence-corrected chi connectivity index (χ1v) is 5.98. The lowest BCUT2D eigenvalue weighted by atomic mass is 10.1. The van der Waals surface area contributed by atoms with Crippen LogP contribution in [0.4, 0.5) is 5.82 Å². The third-order valence-electron chi connectivity index (χ3n) is 2.63. The normalized spacial score (nSPS) is 10.2. The van der Waals surface area contributed by atoms with Gasteiger partial charge >= 0.3 is 0 Å². The van der Waals surface area contributed by atoms with E-state index in [4.69, 9.17) is 9.47 Å². The van der Waals surface area contributed by atoms with Gasteiger partial charge in [0.2, 0.25) is 5.88 Å². The second-order valence-electron chi connectivity index (χ2n) is 4.05. The average molecular weight is 259 g/mol. The number of hydrogen-bond acceptors (Lipinski definition) is 5. The zero-order valence-electron chi connectivity index (χ0n) is 11.1. The molecule has 0 saturated carbocycles. The molecule has 100 valence electrons. The molecular formula is C14H17N3O2. The maximum absolute atomic E-state index is 5.12. The van der Waals surface area contributed by atoms with Crippen LogP contribution in [0.1, 0.15) is 11.1 Å². The number of nitrogens with one attached hydrogen (secondary N) is 1. The van der Waals surface area contributed by atoms with E-state index >= 15 is 0 Å². The SMILES string of the molecule is COCc1cccc(CNc2cc(OC)ncn2)c1. The van der Waals surface area contributed by atoms with Gasteiger partial charge in [0.1, 0.15) is 12.1 Å². The Morgan fingerprint density at radius 3 is 2.74 bits per heavy atom. The summed E-state index contributed by atoms with van der Waals surface area (Å²) in [4.78, 5) is 8.10. The van der Waals surface area contributed by atoms with E-state index in [1.54, 1.807) is 20.3 Å². The molecule has 0 aliphatic heterocycles. The smallest absolute Gasteiger partial charge is 0.218 e. The van der Waals surface area contributed by atoms with Crippen LogP contribution >= 0.6 is 0 Å². The molecule has 0 aliphatic carbocycles. The summed E-state index contributed by atoms with van der Waals surface area (Å²) in [7, 11) is 3.28. The van der Waals surface area contributed by atoms with Crippen molar-refractivity contribution in [3.63, 3.8) is 0 Å². The predicted octanol–water partition coefficient (Wildman–Crippen LogP) is 2.24. The topological polar surface area (TPSA) is 56.3 Å². The first-order valence-electron chi connectivity index (χ1n) is 5.98. The zero-order chi connectivity index (χ0) is 13.5. The lowest BCUT2D eigenvalue weighted by Gasteiger charge is -2.08. The summed E-state index contributed by atoms with van der Waals surface area (Å²) in [6.07, 6.45) is 1.47. The highest BCUT2D eigenvalue weighted by Gasteiger charge is 1.99. The molecule has 5 nitrogen and oxygen atoms in total. The van der Waals surface area contributed by atoms with E-state index < -0.39 is 0 Å². The third-order valence-corrected chi connectivity index (χ3v) is 2.63. The molecule has 0 amide bonds. The first kappa shape index (κ1) is 13.3. The fraction of sp³-hybridized carbons (Fsp3) is 0.286. The Hall–Kier alpha value is -2.14. The minimum absolute atomic E-state index is 0.547. The van der Waals surface area contributed by atoms with Gasteiger partial charge in [0.25, 0.3) is 0 Å². The molecule has 0 unspecified atom stereocenters. The van der Waals surface area contributed by atoms with E-state index in [1.165, 1.54) is 11.9 Å². The molecule has 0 atom stereocenters. The second kappa shape index (κ2) is 6.70. The zero-order valence-corrected chi connectivity index (χ0v) is 11.1. The Labute approximate surface area is 112 Å². The fourth-order valence-corrected chi connectivity index (χ4v) is 1.74. The van der Waals surface area contributed by atoms with Crippen molar-refractivity contribution in [1.29, 1.82) is 0 Å². The molecule has 0 saturated heterocycles. The Morgan fingerprint density at radius 1 is 1.11 bits per heavy atom. The monoisotopic (exact) mass is 259 g/mol. The largest absolute Gasteiger partial charge is 0.481 e. The van der Waals surface area contributed by atoms with Crippen LogP contribution in [0.15, 0.2) is 36.7 Å². The molecule has 2 rings (SSSR count). The molecule has 0 radical (unpaired) electrons. The number of nitrogens with zero attached hydrogens (tertiary/aromatic N) is 2. The standard InChI is InChI=1S/C14H17N3O2/c1-18-9-12-5-3-4-11(6-12)8-15-13-7-14(19-2)17-10-16-13/h3-7,10H,8-9H2,1-2H3,(H,15,16,17). The van der Waals surface area contributed by atoms with Gasteiger partial charge in [-0.3, -0.25) is 0 Å². The average Bonchev–Trinajstić information content (AvgIpc) is 2.46. The Kier molecular flexibility index (Phi) is 4.69. The number of hydrogen-bond donors (Lipinski definition) is 1. The van der Waals surface area contributed by atoms with Gasteiger partial charge < -0.3 is 14.8 Å². The molecule has 0 bridgehead atoms. The van der Waals surface area contributed by atoms with Crippen molar-refractivity contribution in [3.05, 3.63) is 47.8 Å². The highest BCUT2D eigenvalue weighted by Crippen LogP contribution is 2.12. The Morgan fingerprint density at radius 2 is 1.95 bits per heavy atom. The van der Waals surface area contributed by atoms with Gasteiger partial charge in [-0.05, 0) is 11.1 Å². The van der Waals surface area contributed by atoms with Crippen LogP contribution in [-0.4, -0.2) is 24.2 Å². The number of anilines is 1. The van der Waals surface area contributed by atoms with Crippen molar-refractivity contribution in [3.8, 4) is 5.88 Å². The number of rotatable bonds is 6. The lowest BCUT2D eigenvalue weighted by molar-refractivity contribution is 0.185. The van der Waals surface area contributed by atoms with Crippen molar-refractivity contribution >= 4 is 5.82 Å². The number of benzene rings is 1. The number of aromatic nitrogens is 2. The van der Waals surface area contributed by atoms with Crippen LogP contribution in [0.25, 0.3) is 0 Å². The lowest BCUT2D eigenvalue weighted by Crippen LogP contribution is -2.03. The molecule has 2 aromatic rings. The van der Waals surface area contributed by atoms with E-state index in [-0.39, 0.29) is 0 Å².